The van der Waals surface area contributed by atoms with Gasteiger partial charge in [0.05, 0.1) is 6.61 Å². The highest BCUT2D eigenvalue weighted by molar-refractivity contribution is 5.90. The number of piperidine rings is 1. The van der Waals surface area contributed by atoms with Crippen LogP contribution in [-0.4, -0.2) is 61.6 Å². The molecule has 2 heterocycles. The third-order valence-electron chi connectivity index (χ3n) is 5.81. The van der Waals surface area contributed by atoms with Crippen molar-refractivity contribution in [2.75, 3.05) is 45.2 Å². The van der Waals surface area contributed by atoms with Gasteiger partial charge >= 0.3 is 6.03 Å². The molecule has 2 aliphatic rings. The first-order chi connectivity index (χ1) is 12.4. The van der Waals surface area contributed by atoms with E-state index < -0.39 is 0 Å². The molecule has 7 heteroatoms. The summed E-state index contributed by atoms with van der Waals surface area (Å²) in [6.45, 7) is 6.28. The molecule has 1 aromatic carbocycles. The van der Waals surface area contributed by atoms with E-state index in [1.807, 2.05) is 4.90 Å². The average molecular weight is 363 g/mol. The number of carbonyl (C=O) groups is 2. The fourth-order valence-corrected chi connectivity index (χ4v) is 4.17. The number of fused-ring (bicyclic) bond motifs is 1. The van der Waals surface area contributed by atoms with Gasteiger partial charge in [-0.15, -0.1) is 0 Å². The molecule has 1 aromatic rings. The van der Waals surface area contributed by atoms with Crippen LogP contribution in [0.1, 0.15) is 18.9 Å². The molecule has 2 aliphatic heterocycles. The molecular formula is C19H26FN3O3. The Labute approximate surface area is 153 Å². The van der Waals surface area contributed by atoms with Gasteiger partial charge in [-0.25, -0.2) is 9.18 Å². The molecule has 0 radical (unpaired) electrons. The number of hydrogen-bond acceptors (Lipinski definition) is 3. The van der Waals surface area contributed by atoms with Gasteiger partial charge in [0, 0.05) is 62.8 Å². The number of carbonyl (C=O) groups excluding carboxylic acids is 2. The zero-order valence-corrected chi connectivity index (χ0v) is 15.5. The number of hydrogen-bond donors (Lipinski definition) is 1. The molecule has 3 rings (SSSR count). The first kappa shape index (κ1) is 18.6. The van der Waals surface area contributed by atoms with Crippen molar-refractivity contribution in [3.05, 3.63) is 29.6 Å². The van der Waals surface area contributed by atoms with Gasteiger partial charge in [0.15, 0.2) is 0 Å². The summed E-state index contributed by atoms with van der Waals surface area (Å²) in [6.07, 6.45) is 0.783. The molecule has 2 atom stereocenters. The van der Waals surface area contributed by atoms with Crippen molar-refractivity contribution in [1.29, 1.82) is 0 Å². The van der Waals surface area contributed by atoms with Crippen molar-refractivity contribution in [3.8, 4) is 0 Å². The average Bonchev–Trinajstić information content (AvgIpc) is 2.98. The van der Waals surface area contributed by atoms with Crippen LogP contribution >= 0.6 is 0 Å². The van der Waals surface area contributed by atoms with Crippen molar-refractivity contribution in [2.45, 2.75) is 20.3 Å². The van der Waals surface area contributed by atoms with Crippen molar-refractivity contribution in [1.82, 2.24) is 9.80 Å². The van der Waals surface area contributed by atoms with Crippen LogP contribution in [0.2, 0.25) is 0 Å². The number of nitrogens with zero attached hydrogens (tertiary/aromatic N) is 2. The van der Waals surface area contributed by atoms with Crippen LogP contribution in [0.25, 0.3) is 0 Å². The highest BCUT2D eigenvalue weighted by Gasteiger charge is 2.50. The molecule has 0 unspecified atom stereocenters. The van der Waals surface area contributed by atoms with E-state index >= 15 is 0 Å². The Bertz CT molecular complexity index is 711. The molecule has 1 N–H and O–H groups in total. The molecule has 0 bridgehead atoms. The Morgan fingerprint density at radius 1 is 1.35 bits per heavy atom. The number of halogens is 1. The van der Waals surface area contributed by atoms with Crippen molar-refractivity contribution in [3.63, 3.8) is 0 Å². The van der Waals surface area contributed by atoms with Gasteiger partial charge in [-0.3, -0.25) is 4.79 Å². The maximum Gasteiger partial charge on any atom is 0.321 e. The maximum absolute atomic E-state index is 13.7. The molecule has 142 valence electrons. The van der Waals surface area contributed by atoms with Crippen LogP contribution in [0.5, 0.6) is 0 Å². The summed E-state index contributed by atoms with van der Waals surface area (Å²) in [7, 11) is 1.67. The Hall–Kier alpha value is -2.15. The minimum absolute atomic E-state index is 0.0567. The van der Waals surface area contributed by atoms with E-state index in [9.17, 15) is 14.0 Å². The van der Waals surface area contributed by atoms with Crippen LogP contribution in [-0.2, 0) is 9.53 Å². The molecular weight excluding hydrogens is 337 g/mol. The normalized spacial score (nSPS) is 25.2. The second kappa shape index (κ2) is 7.23. The van der Waals surface area contributed by atoms with E-state index in [4.69, 9.17) is 4.74 Å². The number of urea groups is 1. The van der Waals surface area contributed by atoms with Gasteiger partial charge < -0.3 is 19.9 Å². The van der Waals surface area contributed by atoms with Crippen LogP contribution in [0.3, 0.4) is 0 Å². The fraction of sp³-hybridized carbons (Fsp3) is 0.579. The number of methoxy groups -OCH3 is 1. The molecule has 2 saturated heterocycles. The number of amides is 3. The maximum atomic E-state index is 13.7. The topological polar surface area (TPSA) is 61.9 Å². The standard InChI is InChI=1S/C19H26FN3O3/c1-13-16(20)5-4-6-17(13)21-18(25)22-8-7-19(12-26-3)11-23(14(2)24)10-15(19)9-22/h4-6,15H,7-12H2,1-3H3,(H,21,25)/t15-,19+/m1/s1. The predicted molar refractivity (Wildman–Crippen MR) is 96.4 cm³/mol. The summed E-state index contributed by atoms with van der Waals surface area (Å²) in [6, 6.07) is 4.42. The van der Waals surface area contributed by atoms with Gasteiger partial charge in [0.25, 0.3) is 0 Å². The molecule has 26 heavy (non-hydrogen) atoms. The Morgan fingerprint density at radius 3 is 2.77 bits per heavy atom. The Kier molecular flexibility index (Phi) is 5.18. The lowest BCUT2D eigenvalue weighted by Crippen LogP contribution is -2.51. The third-order valence-corrected chi connectivity index (χ3v) is 5.81. The van der Waals surface area contributed by atoms with Gasteiger partial charge in [-0.1, -0.05) is 6.07 Å². The smallest absolute Gasteiger partial charge is 0.321 e. The fourth-order valence-electron chi connectivity index (χ4n) is 4.17. The van der Waals surface area contributed by atoms with Gasteiger partial charge in [-0.2, -0.15) is 0 Å². The lowest BCUT2D eigenvalue weighted by Gasteiger charge is -2.42. The number of rotatable bonds is 3. The monoisotopic (exact) mass is 363 g/mol. The number of benzene rings is 1. The van der Waals surface area contributed by atoms with Crippen molar-refractivity contribution >= 4 is 17.6 Å². The van der Waals surface area contributed by atoms with Gasteiger partial charge in [0.2, 0.25) is 5.91 Å². The summed E-state index contributed by atoms with van der Waals surface area (Å²) in [4.78, 5) is 28.1. The van der Waals surface area contributed by atoms with Crippen LogP contribution < -0.4 is 5.32 Å². The minimum Gasteiger partial charge on any atom is -0.384 e. The van der Waals surface area contributed by atoms with Gasteiger partial charge in [0.1, 0.15) is 5.82 Å². The molecule has 0 aliphatic carbocycles. The van der Waals surface area contributed by atoms with E-state index in [1.165, 1.54) is 6.07 Å². The predicted octanol–water partition coefficient (Wildman–Crippen LogP) is 2.48. The molecule has 0 aromatic heterocycles. The van der Waals surface area contributed by atoms with Crippen LogP contribution in [0.15, 0.2) is 18.2 Å². The van der Waals surface area contributed by atoms with E-state index in [-0.39, 0.29) is 29.1 Å². The largest absolute Gasteiger partial charge is 0.384 e. The zero-order chi connectivity index (χ0) is 18.9. The molecule has 2 fully saturated rings. The first-order valence-electron chi connectivity index (χ1n) is 8.92. The summed E-state index contributed by atoms with van der Waals surface area (Å²) in [5.41, 5.74) is 0.821. The number of ether oxygens (including phenoxy) is 1. The van der Waals surface area contributed by atoms with Crippen molar-refractivity contribution < 1.29 is 18.7 Å². The Balaban J connectivity index is 1.71. The SMILES string of the molecule is COC[C@@]12CCN(C(=O)Nc3cccc(F)c3C)C[C@@H]1CN(C(C)=O)C2. The van der Waals surface area contributed by atoms with E-state index in [1.54, 1.807) is 38.0 Å². The summed E-state index contributed by atoms with van der Waals surface area (Å²) in [5, 5.41) is 2.81. The number of likely N-dealkylation sites (tertiary alicyclic amines) is 2. The van der Waals surface area contributed by atoms with Crippen molar-refractivity contribution in [2.24, 2.45) is 11.3 Å². The van der Waals surface area contributed by atoms with E-state index in [0.29, 0.717) is 44.0 Å². The van der Waals surface area contributed by atoms with E-state index in [2.05, 4.69) is 5.32 Å². The number of nitrogens with one attached hydrogen (secondary N) is 1. The Morgan fingerprint density at radius 2 is 2.08 bits per heavy atom. The lowest BCUT2D eigenvalue weighted by molar-refractivity contribution is -0.128. The summed E-state index contributed by atoms with van der Waals surface area (Å²) >= 11 is 0. The molecule has 6 nitrogen and oxygen atoms in total. The number of anilines is 1. The highest BCUT2D eigenvalue weighted by Crippen LogP contribution is 2.43. The highest BCUT2D eigenvalue weighted by atomic mass is 19.1. The quantitative estimate of drug-likeness (QED) is 0.897. The van der Waals surface area contributed by atoms with E-state index in [0.717, 1.165) is 6.42 Å². The van der Waals surface area contributed by atoms with Gasteiger partial charge in [-0.05, 0) is 25.5 Å². The molecule has 3 amide bonds. The molecule has 0 saturated carbocycles. The first-order valence-corrected chi connectivity index (χ1v) is 8.92. The van der Waals surface area contributed by atoms with Crippen LogP contribution in [0.4, 0.5) is 14.9 Å². The second-order valence-electron chi connectivity index (χ2n) is 7.43. The summed E-state index contributed by atoms with van der Waals surface area (Å²) in [5.74, 6) is -0.103. The zero-order valence-electron chi connectivity index (χ0n) is 15.5. The molecule has 0 spiro atoms. The van der Waals surface area contributed by atoms with Crippen LogP contribution in [0, 0.1) is 24.1 Å². The minimum atomic E-state index is -0.339. The second-order valence-corrected chi connectivity index (χ2v) is 7.43. The summed E-state index contributed by atoms with van der Waals surface area (Å²) < 4.78 is 19.1. The lowest BCUT2D eigenvalue weighted by atomic mass is 9.73. The third kappa shape index (κ3) is 3.40.